The standard InChI is InChI=1S/C18H19FN4/c1-13-4-3-5-15(8-13)11-22-18(21-2)23-12-16-7-6-14(10-20)9-17(16)19/h3-9H,11-12H2,1-2H3,(H2,21,22,23). The van der Waals surface area contributed by atoms with Crippen LogP contribution in [0.4, 0.5) is 4.39 Å². The molecule has 0 spiro atoms. The van der Waals surface area contributed by atoms with E-state index in [4.69, 9.17) is 5.26 Å². The normalized spacial score (nSPS) is 11.0. The van der Waals surface area contributed by atoms with Crippen molar-refractivity contribution in [1.29, 1.82) is 5.26 Å². The van der Waals surface area contributed by atoms with Gasteiger partial charge < -0.3 is 10.6 Å². The zero-order valence-electron chi connectivity index (χ0n) is 13.2. The van der Waals surface area contributed by atoms with Gasteiger partial charge in [-0.15, -0.1) is 0 Å². The van der Waals surface area contributed by atoms with Crippen molar-refractivity contribution < 1.29 is 4.39 Å². The number of aryl methyl sites for hydroxylation is 1. The molecule has 0 radical (unpaired) electrons. The van der Waals surface area contributed by atoms with Crippen LogP contribution in [0.1, 0.15) is 22.3 Å². The molecule has 2 aromatic carbocycles. The third-order valence-electron chi connectivity index (χ3n) is 3.39. The average Bonchev–Trinajstić information content (AvgIpc) is 2.56. The van der Waals surface area contributed by atoms with Crippen LogP contribution in [0, 0.1) is 24.1 Å². The van der Waals surface area contributed by atoms with E-state index in [0.717, 1.165) is 5.56 Å². The number of benzene rings is 2. The molecule has 2 aromatic rings. The number of rotatable bonds is 4. The van der Waals surface area contributed by atoms with Crippen LogP contribution in [0.25, 0.3) is 0 Å². The lowest BCUT2D eigenvalue weighted by Gasteiger charge is -2.12. The molecule has 0 saturated carbocycles. The number of halogens is 1. The number of hydrogen-bond acceptors (Lipinski definition) is 2. The van der Waals surface area contributed by atoms with E-state index in [2.05, 4.69) is 21.7 Å². The molecule has 0 saturated heterocycles. The van der Waals surface area contributed by atoms with Gasteiger partial charge in [0.05, 0.1) is 11.6 Å². The van der Waals surface area contributed by atoms with Gasteiger partial charge in [-0.1, -0.05) is 35.9 Å². The average molecular weight is 310 g/mol. The second kappa shape index (κ2) is 7.95. The molecular formula is C18H19FN4. The molecule has 0 aliphatic rings. The van der Waals surface area contributed by atoms with Gasteiger partial charge >= 0.3 is 0 Å². The van der Waals surface area contributed by atoms with Gasteiger partial charge in [0, 0.05) is 25.7 Å². The largest absolute Gasteiger partial charge is 0.352 e. The summed E-state index contributed by atoms with van der Waals surface area (Å²) in [5.41, 5.74) is 3.15. The third kappa shape index (κ3) is 4.82. The second-order valence-electron chi connectivity index (χ2n) is 5.19. The maximum absolute atomic E-state index is 13.8. The predicted molar refractivity (Wildman–Crippen MR) is 89.3 cm³/mol. The number of guanidine groups is 1. The fraction of sp³-hybridized carbons (Fsp3) is 0.222. The Morgan fingerprint density at radius 2 is 1.96 bits per heavy atom. The molecule has 0 heterocycles. The lowest BCUT2D eigenvalue weighted by atomic mass is 10.1. The highest BCUT2D eigenvalue weighted by molar-refractivity contribution is 5.79. The van der Waals surface area contributed by atoms with E-state index in [0.29, 0.717) is 30.2 Å². The molecule has 0 aromatic heterocycles. The molecule has 2 rings (SSSR count). The zero-order chi connectivity index (χ0) is 16.7. The van der Waals surface area contributed by atoms with Crippen molar-refractivity contribution in [3.8, 4) is 6.07 Å². The Morgan fingerprint density at radius 1 is 1.17 bits per heavy atom. The monoisotopic (exact) mass is 310 g/mol. The summed E-state index contributed by atoms with van der Waals surface area (Å²) in [6.45, 7) is 2.98. The van der Waals surface area contributed by atoms with Gasteiger partial charge in [0.1, 0.15) is 5.82 Å². The quantitative estimate of drug-likeness (QED) is 0.674. The van der Waals surface area contributed by atoms with Crippen molar-refractivity contribution in [3.63, 3.8) is 0 Å². The van der Waals surface area contributed by atoms with Crippen molar-refractivity contribution in [1.82, 2.24) is 10.6 Å². The summed E-state index contributed by atoms with van der Waals surface area (Å²) >= 11 is 0. The molecular weight excluding hydrogens is 291 g/mol. The highest BCUT2D eigenvalue weighted by atomic mass is 19.1. The highest BCUT2D eigenvalue weighted by Gasteiger charge is 2.05. The summed E-state index contributed by atoms with van der Waals surface area (Å²) in [6, 6.07) is 14.5. The van der Waals surface area contributed by atoms with Crippen molar-refractivity contribution in [3.05, 3.63) is 70.5 Å². The van der Waals surface area contributed by atoms with Crippen LogP contribution in [0.2, 0.25) is 0 Å². The maximum atomic E-state index is 13.8. The first kappa shape index (κ1) is 16.5. The Bertz CT molecular complexity index is 747. The summed E-state index contributed by atoms with van der Waals surface area (Å²) in [6.07, 6.45) is 0. The van der Waals surface area contributed by atoms with E-state index in [1.807, 2.05) is 31.2 Å². The minimum absolute atomic E-state index is 0.297. The van der Waals surface area contributed by atoms with Crippen LogP contribution >= 0.6 is 0 Å². The summed E-state index contributed by atoms with van der Waals surface area (Å²) < 4.78 is 13.8. The smallest absolute Gasteiger partial charge is 0.191 e. The van der Waals surface area contributed by atoms with Crippen LogP contribution in [-0.2, 0) is 13.1 Å². The fourth-order valence-electron chi connectivity index (χ4n) is 2.17. The predicted octanol–water partition coefficient (Wildman–Crippen LogP) is 2.87. The Labute approximate surface area is 135 Å². The van der Waals surface area contributed by atoms with Gasteiger partial charge in [0.2, 0.25) is 0 Å². The Balaban J connectivity index is 1.92. The molecule has 5 heteroatoms. The number of hydrogen-bond donors (Lipinski definition) is 2. The van der Waals surface area contributed by atoms with Crippen LogP contribution in [0.15, 0.2) is 47.5 Å². The van der Waals surface area contributed by atoms with Gasteiger partial charge in [-0.25, -0.2) is 4.39 Å². The van der Waals surface area contributed by atoms with Crippen molar-refractivity contribution in [2.24, 2.45) is 4.99 Å². The minimum atomic E-state index is -0.398. The summed E-state index contributed by atoms with van der Waals surface area (Å²) in [4.78, 5) is 4.12. The van der Waals surface area contributed by atoms with Crippen molar-refractivity contribution >= 4 is 5.96 Å². The first-order chi connectivity index (χ1) is 11.1. The zero-order valence-corrected chi connectivity index (χ0v) is 13.2. The van der Waals surface area contributed by atoms with E-state index in [1.165, 1.54) is 11.6 Å². The maximum Gasteiger partial charge on any atom is 0.191 e. The fourth-order valence-corrected chi connectivity index (χ4v) is 2.17. The first-order valence-corrected chi connectivity index (χ1v) is 7.31. The van der Waals surface area contributed by atoms with Gasteiger partial charge in [0.25, 0.3) is 0 Å². The molecule has 0 unspecified atom stereocenters. The summed E-state index contributed by atoms with van der Waals surface area (Å²) in [5, 5.41) is 15.0. The molecule has 4 nitrogen and oxygen atoms in total. The SMILES string of the molecule is CN=C(NCc1cccc(C)c1)NCc1ccc(C#N)cc1F. The minimum Gasteiger partial charge on any atom is -0.352 e. The molecule has 0 amide bonds. The number of nitrogens with zero attached hydrogens (tertiary/aromatic N) is 2. The third-order valence-corrected chi connectivity index (χ3v) is 3.39. The summed E-state index contributed by atoms with van der Waals surface area (Å²) in [5.74, 6) is 0.195. The Kier molecular flexibility index (Phi) is 5.70. The van der Waals surface area contributed by atoms with Crippen LogP contribution < -0.4 is 10.6 Å². The molecule has 0 aliphatic carbocycles. The Hall–Kier alpha value is -2.87. The molecule has 0 aliphatic heterocycles. The molecule has 0 atom stereocenters. The highest BCUT2D eigenvalue weighted by Crippen LogP contribution is 2.09. The van der Waals surface area contributed by atoms with Crippen LogP contribution in [0.3, 0.4) is 0 Å². The van der Waals surface area contributed by atoms with Crippen molar-refractivity contribution in [2.45, 2.75) is 20.0 Å². The lowest BCUT2D eigenvalue weighted by Crippen LogP contribution is -2.36. The number of nitriles is 1. The molecule has 23 heavy (non-hydrogen) atoms. The van der Waals surface area contributed by atoms with E-state index >= 15 is 0 Å². The second-order valence-corrected chi connectivity index (χ2v) is 5.19. The van der Waals surface area contributed by atoms with E-state index in [1.54, 1.807) is 19.2 Å². The molecule has 118 valence electrons. The van der Waals surface area contributed by atoms with E-state index in [9.17, 15) is 4.39 Å². The summed E-state index contributed by atoms with van der Waals surface area (Å²) in [7, 11) is 1.67. The topological polar surface area (TPSA) is 60.2 Å². The molecule has 0 bridgehead atoms. The first-order valence-electron chi connectivity index (χ1n) is 7.31. The lowest BCUT2D eigenvalue weighted by molar-refractivity contribution is 0.604. The van der Waals surface area contributed by atoms with Crippen LogP contribution in [-0.4, -0.2) is 13.0 Å². The van der Waals surface area contributed by atoms with E-state index < -0.39 is 5.82 Å². The van der Waals surface area contributed by atoms with Gasteiger partial charge in [0.15, 0.2) is 5.96 Å². The molecule has 0 fully saturated rings. The van der Waals surface area contributed by atoms with Gasteiger partial charge in [-0.3, -0.25) is 4.99 Å². The Morgan fingerprint density at radius 3 is 2.61 bits per heavy atom. The van der Waals surface area contributed by atoms with Crippen LogP contribution in [0.5, 0.6) is 0 Å². The van der Waals surface area contributed by atoms with Gasteiger partial charge in [-0.2, -0.15) is 5.26 Å². The number of aliphatic imine (C=N–C) groups is 1. The number of nitrogens with one attached hydrogen (secondary N) is 2. The molecule has 2 N–H and O–H groups in total. The van der Waals surface area contributed by atoms with Gasteiger partial charge in [-0.05, 0) is 24.6 Å². The van der Waals surface area contributed by atoms with Crippen molar-refractivity contribution in [2.75, 3.05) is 7.05 Å². The van der Waals surface area contributed by atoms with E-state index in [-0.39, 0.29) is 0 Å².